The molecule has 8 nitrogen and oxygen atoms in total. The average Bonchev–Trinajstić information content (AvgIpc) is 3.22. The van der Waals surface area contributed by atoms with Gasteiger partial charge in [0.25, 0.3) is 5.69 Å². The Morgan fingerprint density at radius 2 is 1.78 bits per heavy atom. The fourth-order valence-corrected chi connectivity index (χ4v) is 4.37. The van der Waals surface area contributed by atoms with E-state index < -0.39 is 20.9 Å². The van der Waals surface area contributed by atoms with Gasteiger partial charge < -0.3 is 4.74 Å². The maximum absolute atomic E-state index is 12.6. The van der Waals surface area contributed by atoms with Crippen molar-refractivity contribution in [3.05, 3.63) is 69.8 Å². The average molecular weight is 390 g/mol. The molecule has 2 aromatic rings. The van der Waals surface area contributed by atoms with Gasteiger partial charge in [0.15, 0.2) is 0 Å². The fourth-order valence-electron chi connectivity index (χ4n) is 2.81. The number of nitrogens with zero attached hydrogens (tertiary/aromatic N) is 2. The van der Waals surface area contributed by atoms with Crippen LogP contribution in [-0.4, -0.2) is 36.7 Å². The molecule has 1 saturated heterocycles. The van der Waals surface area contributed by atoms with Crippen LogP contribution < -0.4 is 0 Å². The number of carbonyl (C=O) groups is 1. The Morgan fingerprint density at radius 1 is 1.11 bits per heavy atom. The molecule has 1 aliphatic heterocycles. The minimum atomic E-state index is -3.61. The zero-order valence-corrected chi connectivity index (χ0v) is 15.2. The van der Waals surface area contributed by atoms with Gasteiger partial charge in [0, 0.05) is 25.2 Å². The molecule has 0 radical (unpaired) electrons. The van der Waals surface area contributed by atoms with Crippen molar-refractivity contribution >= 4 is 21.7 Å². The van der Waals surface area contributed by atoms with E-state index in [4.69, 9.17) is 4.74 Å². The number of nitro benzene ring substituents is 1. The van der Waals surface area contributed by atoms with Crippen LogP contribution in [0, 0.1) is 10.1 Å². The van der Waals surface area contributed by atoms with Gasteiger partial charge in [-0.3, -0.25) is 10.1 Å². The standard InChI is InChI=1S/C18H18N2O6S/c21-18(26-13-14-6-8-16(9-7-14)20(22)23)15-4-3-5-17(12-15)27(24,25)19-10-1-2-11-19/h3-9,12H,1-2,10-11,13H2. The van der Waals surface area contributed by atoms with Crippen LogP contribution in [-0.2, 0) is 21.4 Å². The Balaban J connectivity index is 1.69. The molecule has 0 atom stereocenters. The number of hydrogen-bond donors (Lipinski definition) is 0. The summed E-state index contributed by atoms with van der Waals surface area (Å²) < 4.78 is 31.8. The third-order valence-electron chi connectivity index (χ3n) is 4.29. The van der Waals surface area contributed by atoms with Crippen LogP contribution in [0.3, 0.4) is 0 Å². The van der Waals surface area contributed by atoms with Gasteiger partial charge in [-0.2, -0.15) is 4.31 Å². The number of rotatable bonds is 6. The zero-order valence-electron chi connectivity index (χ0n) is 14.4. The molecule has 0 bridgehead atoms. The Morgan fingerprint density at radius 3 is 2.41 bits per heavy atom. The van der Waals surface area contributed by atoms with Gasteiger partial charge in [-0.25, -0.2) is 13.2 Å². The predicted octanol–water partition coefficient (Wildman–Crippen LogP) is 2.74. The normalized spacial score (nSPS) is 14.8. The number of non-ortho nitro benzene ring substituents is 1. The molecule has 1 heterocycles. The van der Waals surface area contributed by atoms with E-state index in [-0.39, 0.29) is 22.8 Å². The first-order chi connectivity index (χ1) is 12.9. The van der Waals surface area contributed by atoms with E-state index in [1.807, 2.05) is 0 Å². The number of esters is 1. The Bertz CT molecular complexity index is 950. The lowest BCUT2D eigenvalue weighted by Crippen LogP contribution is -2.28. The van der Waals surface area contributed by atoms with Crippen molar-refractivity contribution in [3.8, 4) is 0 Å². The third-order valence-corrected chi connectivity index (χ3v) is 6.18. The minimum Gasteiger partial charge on any atom is -0.457 e. The molecule has 0 saturated carbocycles. The van der Waals surface area contributed by atoms with Crippen molar-refractivity contribution in [1.82, 2.24) is 4.31 Å². The van der Waals surface area contributed by atoms with Crippen LogP contribution >= 0.6 is 0 Å². The van der Waals surface area contributed by atoms with Crippen molar-refractivity contribution in [2.45, 2.75) is 24.3 Å². The summed E-state index contributed by atoms with van der Waals surface area (Å²) in [5.41, 5.74) is 0.678. The summed E-state index contributed by atoms with van der Waals surface area (Å²) in [6.07, 6.45) is 1.66. The largest absolute Gasteiger partial charge is 0.457 e. The van der Waals surface area contributed by atoms with E-state index >= 15 is 0 Å². The van der Waals surface area contributed by atoms with Gasteiger partial charge in [-0.05, 0) is 48.7 Å². The number of nitro groups is 1. The SMILES string of the molecule is O=C(OCc1ccc([N+](=O)[O-])cc1)c1cccc(S(=O)(=O)N2CCCC2)c1. The minimum absolute atomic E-state index is 0.0510. The van der Waals surface area contributed by atoms with Crippen molar-refractivity contribution in [2.24, 2.45) is 0 Å². The molecule has 0 N–H and O–H groups in total. The quantitative estimate of drug-likeness (QED) is 0.426. The molecule has 0 aromatic heterocycles. The monoisotopic (exact) mass is 390 g/mol. The van der Waals surface area contributed by atoms with Crippen LogP contribution in [0.5, 0.6) is 0 Å². The lowest BCUT2D eigenvalue weighted by Gasteiger charge is -2.15. The van der Waals surface area contributed by atoms with E-state index in [1.165, 1.54) is 52.8 Å². The van der Waals surface area contributed by atoms with E-state index in [1.54, 1.807) is 0 Å². The van der Waals surface area contributed by atoms with Gasteiger partial charge in [0.05, 0.1) is 15.4 Å². The van der Waals surface area contributed by atoms with Crippen LogP contribution in [0.4, 0.5) is 5.69 Å². The fraction of sp³-hybridized carbons (Fsp3) is 0.278. The molecule has 142 valence electrons. The molecule has 0 spiro atoms. The molecule has 3 rings (SSSR count). The van der Waals surface area contributed by atoms with Crippen LogP contribution in [0.15, 0.2) is 53.4 Å². The zero-order chi connectivity index (χ0) is 19.4. The summed E-state index contributed by atoms with van der Waals surface area (Å²) in [6.45, 7) is 0.897. The Labute approximate surface area is 156 Å². The van der Waals surface area contributed by atoms with Gasteiger partial charge >= 0.3 is 5.97 Å². The van der Waals surface area contributed by atoms with Crippen molar-refractivity contribution in [3.63, 3.8) is 0 Å². The first-order valence-corrected chi connectivity index (χ1v) is 9.82. The third kappa shape index (κ3) is 4.32. The Kier molecular flexibility index (Phi) is 5.52. The van der Waals surface area contributed by atoms with Crippen LogP contribution in [0.1, 0.15) is 28.8 Å². The first-order valence-electron chi connectivity index (χ1n) is 8.38. The van der Waals surface area contributed by atoms with Crippen LogP contribution in [0.2, 0.25) is 0 Å². The van der Waals surface area contributed by atoms with Gasteiger partial charge in [-0.1, -0.05) is 6.07 Å². The molecule has 0 unspecified atom stereocenters. The smallest absolute Gasteiger partial charge is 0.338 e. The molecule has 2 aromatic carbocycles. The maximum Gasteiger partial charge on any atom is 0.338 e. The highest BCUT2D eigenvalue weighted by atomic mass is 32.2. The summed E-state index contributed by atoms with van der Waals surface area (Å²) in [5.74, 6) is -0.660. The molecule has 0 amide bonds. The highest BCUT2D eigenvalue weighted by molar-refractivity contribution is 7.89. The van der Waals surface area contributed by atoms with Crippen molar-refractivity contribution in [1.29, 1.82) is 0 Å². The molecule has 1 aliphatic rings. The lowest BCUT2D eigenvalue weighted by atomic mass is 10.2. The molecular formula is C18H18N2O6S. The van der Waals surface area contributed by atoms with Crippen LogP contribution in [0.25, 0.3) is 0 Å². The second-order valence-electron chi connectivity index (χ2n) is 6.14. The number of benzene rings is 2. The second kappa shape index (κ2) is 7.85. The maximum atomic E-state index is 12.6. The highest BCUT2D eigenvalue weighted by Crippen LogP contribution is 2.22. The molecule has 1 fully saturated rings. The summed E-state index contributed by atoms with van der Waals surface area (Å²) in [6, 6.07) is 11.4. The molecule has 27 heavy (non-hydrogen) atoms. The lowest BCUT2D eigenvalue weighted by molar-refractivity contribution is -0.384. The summed E-state index contributed by atoms with van der Waals surface area (Å²) in [4.78, 5) is 22.4. The van der Waals surface area contributed by atoms with E-state index in [2.05, 4.69) is 0 Å². The summed E-state index contributed by atoms with van der Waals surface area (Å²) >= 11 is 0. The number of carbonyl (C=O) groups excluding carboxylic acids is 1. The number of sulfonamides is 1. The Hall–Kier alpha value is -2.78. The number of ether oxygens (including phenoxy) is 1. The van der Waals surface area contributed by atoms with E-state index in [0.29, 0.717) is 18.7 Å². The van der Waals surface area contributed by atoms with Gasteiger partial charge in [0.2, 0.25) is 10.0 Å². The molecule has 0 aliphatic carbocycles. The molecule has 9 heteroatoms. The highest BCUT2D eigenvalue weighted by Gasteiger charge is 2.27. The first kappa shape index (κ1) is 19.0. The van der Waals surface area contributed by atoms with E-state index in [0.717, 1.165) is 12.8 Å². The van der Waals surface area contributed by atoms with Crippen molar-refractivity contribution < 1.29 is 22.9 Å². The van der Waals surface area contributed by atoms with Gasteiger partial charge in [0.1, 0.15) is 6.61 Å². The topological polar surface area (TPSA) is 107 Å². The summed E-state index contributed by atoms with van der Waals surface area (Å²) in [5, 5.41) is 10.6. The van der Waals surface area contributed by atoms with Crippen molar-refractivity contribution in [2.75, 3.05) is 13.1 Å². The summed E-state index contributed by atoms with van der Waals surface area (Å²) in [7, 11) is -3.61. The van der Waals surface area contributed by atoms with Gasteiger partial charge in [-0.15, -0.1) is 0 Å². The number of hydrogen-bond acceptors (Lipinski definition) is 6. The van der Waals surface area contributed by atoms with E-state index in [9.17, 15) is 23.3 Å². The predicted molar refractivity (Wildman–Crippen MR) is 96.7 cm³/mol. The molecular weight excluding hydrogens is 372 g/mol. The second-order valence-corrected chi connectivity index (χ2v) is 8.08.